The smallest absolute Gasteiger partial charge is 0.335 e. The first-order valence-corrected chi connectivity index (χ1v) is 7.71. The number of carboxylic acid groups (broad SMARTS) is 1. The number of carboxylic acids is 1. The van der Waals surface area contributed by atoms with Crippen LogP contribution in [0.3, 0.4) is 0 Å². The van der Waals surface area contributed by atoms with E-state index >= 15 is 0 Å². The van der Waals surface area contributed by atoms with Gasteiger partial charge in [0.05, 0.1) is 12.2 Å². The predicted octanol–water partition coefficient (Wildman–Crippen LogP) is 4.17. The Morgan fingerprint density at radius 1 is 1.14 bits per heavy atom. The SMILES string of the molecule is Cc1ccc(C)c(SCCOc2ccc(C(=O)O)cc2)c1. The van der Waals surface area contributed by atoms with Crippen LogP contribution in [0.15, 0.2) is 47.4 Å². The van der Waals surface area contributed by atoms with Gasteiger partial charge in [-0.05, 0) is 49.7 Å². The zero-order valence-electron chi connectivity index (χ0n) is 12.1. The van der Waals surface area contributed by atoms with E-state index in [1.807, 2.05) is 0 Å². The van der Waals surface area contributed by atoms with Crippen LogP contribution in [0.4, 0.5) is 0 Å². The van der Waals surface area contributed by atoms with Crippen LogP contribution in [-0.4, -0.2) is 23.4 Å². The average Bonchev–Trinajstić information content (AvgIpc) is 2.47. The van der Waals surface area contributed by atoms with Gasteiger partial charge in [0.25, 0.3) is 0 Å². The van der Waals surface area contributed by atoms with Crippen molar-refractivity contribution in [2.24, 2.45) is 0 Å². The van der Waals surface area contributed by atoms with E-state index in [-0.39, 0.29) is 5.56 Å². The molecular weight excluding hydrogens is 284 g/mol. The molecule has 2 aromatic carbocycles. The summed E-state index contributed by atoms with van der Waals surface area (Å²) in [5, 5.41) is 8.82. The fourth-order valence-corrected chi connectivity index (χ4v) is 2.82. The van der Waals surface area contributed by atoms with Gasteiger partial charge < -0.3 is 9.84 Å². The Kier molecular flexibility index (Phi) is 5.28. The van der Waals surface area contributed by atoms with E-state index < -0.39 is 5.97 Å². The van der Waals surface area contributed by atoms with E-state index in [0.29, 0.717) is 12.4 Å². The van der Waals surface area contributed by atoms with Gasteiger partial charge in [0.15, 0.2) is 0 Å². The van der Waals surface area contributed by atoms with Crippen LogP contribution in [0.1, 0.15) is 21.5 Å². The molecule has 0 aliphatic carbocycles. The first-order chi connectivity index (χ1) is 10.1. The van der Waals surface area contributed by atoms with Crippen molar-refractivity contribution in [2.45, 2.75) is 18.7 Å². The highest BCUT2D eigenvalue weighted by Gasteiger charge is 2.03. The van der Waals surface area contributed by atoms with Crippen LogP contribution in [0, 0.1) is 13.8 Å². The minimum atomic E-state index is -0.924. The Morgan fingerprint density at radius 3 is 2.52 bits per heavy atom. The molecule has 0 aromatic heterocycles. The van der Waals surface area contributed by atoms with E-state index in [4.69, 9.17) is 9.84 Å². The monoisotopic (exact) mass is 302 g/mol. The molecule has 0 saturated carbocycles. The number of carbonyl (C=O) groups is 1. The largest absolute Gasteiger partial charge is 0.493 e. The van der Waals surface area contributed by atoms with Crippen molar-refractivity contribution in [3.63, 3.8) is 0 Å². The van der Waals surface area contributed by atoms with Gasteiger partial charge in [0, 0.05) is 10.6 Å². The summed E-state index contributed by atoms with van der Waals surface area (Å²) in [4.78, 5) is 12.0. The highest BCUT2D eigenvalue weighted by molar-refractivity contribution is 7.99. The lowest BCUT2D eigenvalue weighted by atomic mass is 10.2. The van der Waals surface area contributed by atoms with Gasteiger partial charge in [0.1, 0.15) is 5.75 Å². The molecule has 0 fully saturated rings. The maximum Gasteiger partial charge on any atom is 0.335 e. The minimum absolute atomic E-state index is 0.270. The van der Waals surface area contributed by atoms with E-state index in [1.54, 1.807) is 36.0 Å². The summed E-state index contributed by atoms with van der Waals surface area (Å²) < 4.78 is 5.62. The van der Waals surface area contributed by atoms with E-state index in [0.717, 1.165) is 5.75 Å². The summed E-state index contributed by atoms with van der Waals surface area (Å²) in [6.07, 6.45) is 0. The Morgan fingerprint density at radius 2 is 1.86 bits per heavy atom. The average molecular weight is 302 g/mol. The highest BCUT2D eigenvalue weighted by atomic mass is 32.2. The van der Waals surface area contributed by atoms with E-state index in [1.165, 1.54) is 16.0 Å². The van der Waals surface area contributed by atoms with Crippen LogP contribution in [0.25, 0.3) is 0 Å². The van der Waals surface area contributed by atoms with Crippen LogP contribution >= 0.6 is 11.8 Å². The molecule has 21 heavy (non-hydrogen) atoms. The topological polar surface area (TPSA) is 46.5 Å². The summed E-state index contributed by atoms with van der Waals surface area (Å²) in [6.45, 7) is 4.78. The second kappa shape index (κ2) is 7.18. The second-order valence-corrected chi connectivity index (χ2v) is 5.93. The van der Waals surface area contributed by atoms with Gasteiger partial charge >= 0.3 is 5.97 Å². The number of thioether (sulfide) groups is 1. The molecule has 2 aromatic rings. The lowest BCUT2D eigenvalue weighted by Gasteiger charge is -2.08. The number of hydrogen-bond acceptors (Lipinski definition) is 3. The Labute approximate surface area is 129 Å². The number of benzene rings is 2. The number of aromatic carboxylic acids is 1. The first kappa shape index (κ1) is 15.4. The van der Waals surface area contributed by atoms with Crippen molar-refractivity contribution >= 4 is 17.7 Å². The van der Waals surface area contributed by atoms with E-state index in [2.05, 4.69) is 32.0 Å². The van der Waals surface area contributed by atoms with Crippen molar-refractivity contribution in [1.82, 2.24) is 0 Å². The van der Waals surface area contributed by atoms with Crippen molar-refractivity contribution in [2.75, 3.05) is 12.4 Å². The maximum atomic E-state index is 10.7. The van der Waals surface area contributed by atoms with Gasteiger partial charge in [-0.15, -0.1) is 11.8 Å². The standard InChI is InChI=1S/C17H18O3S/c1-12-3-4-13(2)16(11-12)21-10-9-20-15-7-5-14(6-8-15)17(18)19/h3-8,11H,9-10H2,1-2H3,(H,18,19). The molecule has 0 amide bonds. The second-order valence-electron chi connectivity index (χ2n) is 4.80. The molecule has 0 heterocycles. The quantitative estimate of drug-likeness (QED) is 0.642. The van der Waals surface area contributed by atoms with Crippen molar-refractivity contribution in [3.05, 3.63) is 59.2 Å². The lowest BCUT2D eigenvalue weighted by molar-refractivity contribution is 0.0697. The summed E-state index contributed by atoms with van der Waals surface area (Å²) >= 11 is 1.77. The zero-order chi connectivity index (χ0) is 15.2. The number of ether oxygens (including phenoxy) is 1. The van der Waals surface area contributed by atoms with Gasteiger partial charge in [-0.3, -0.25) is 0 Å². The number of rotatable bonds is 6. The van der Waals surface area contributed by atoms with Crippen LogP contribution in [0.5, 0.6) is 5.75 Å². The Balaban J connectivity index is 1.81. The number of hydrogen-bond donors (Lipinski definition) is 1. The van der Waals surface area contributed by atoms with E-state index in [9.17, 15) is 4.79 Å². The molecular formula is C17H18O3S. The molecule has 0 spiro atoms. The molecule has 0 saturated heterocycles. The fraction of sp³-hybridized carbons (Fsp3) is 0.235. The molecule has 2 rings (SSSR count). The summed E-state index contributed by atoms with van der Waals surface area (Å²) in [5.41, 5.74) is 2.80. The zero-order valence-corrected chi connectivity index (χ0v) is 12.9. The Hall–Kier alpha value is -1.94. The molecule has 0 radical (unpaired) electrons. The molecule has 1 N–H and O–H groups in total. The molecule has 0 bridgehead atoms. The van der Waals surface area contributed by atoms with Crippen LogP contribution < -0.4 is 4.74 Å². The maximum absolute atomic E-state index is 10.7. The molecule has 0 unspecified atom stereocenters. The predicted molar refractivity (Wildman–Crippen MR) is 85.5 cm³/mol. The highest BCUT2D eigenvalue weighted by Crippen LogP contribution is 2.23. The minimum Gasteiger partial charge on any atom is -0.493 e. The Bertz CT molecular complexity index is 620. The summed E-state index contributed by atoms with van der Waals surface area (Å²) in [5.74, 6) is 0.624. The first-order valence-electron chi connectivity index (χ1n) is 6.72. The van der Waals surface area contributed by atoms with Crippen molar-refractivity contribution in [3.8, 4) is 5.75 Å². The molecule has 110 valence electrons. The van der Waals surface area contributed by atoms with Crippen molar-refractivity contribution < 1.29 is 14.6 Å². The van der Waals surface area contributed by atoms with Gasteiger partial charge in [-0.25, -0.2) is 4.79 Å². The molecule has 0 aliphatic heterocycles. The molecule has 3 nitrogen and oxygen atoms in total. The number of aryl methyl sites for hydroxylation is 2. The van der Waals surface area contributed by atoms with Crippen LogP contribution in [0.2, 0.25) is 0 Å². The molecule has 0 atom stereocenters. The molecule has 0 aliphatic rings. The summed E-state index contributed by atoms with van der Waals surface area (Å²) in [7, 11) is 0. The fourth-order valence-electron chi connectivity index (χ4n) is 1.87. The van der Waals surface area contributed by atoms with Crippen LogP contribution in [-0.2, 0) is 0 Å². The van der Waals surface area contributed by atoms with Gasteiger partial charge in [-0.2, -0.15) is 0 Å². The summed E-state index contributed by atoms with van der Waals surface area (Å²) in [6, 6.07) is 12.9. The third-order valence-electron chi connectivity index (χ3n) is 3.05. The van der Waals surface area contributed by atoms with Gasteiger partial charge in [-0.1, -0.05) is 17.7 Å². The lowest BCUT2D eigenvalue weighted by Crippen LogP contribution is -2.01. The normalized spacial score (nSPS) is 10.4. The molecule has 4 heteroatoms. The third kappa shape index (κ3) is 4.53. The van der Waals surface area contributed by atoms with Gasteiger partial charge in [0.2, 0.25) is 0 Å². The third-order valence-corrected chi connectivity index (χ3v) is 4.18. The van der Waals surface area contributed by atoms with Crippen molar-refractivity contribution in [1.29, 1.82) is 0 Å².